The first-order valence-corrected chi connectivity index (χ1v) is 12.7. The standard InChI is InChI=1S/C26H27Cl2N5O/c27-21-13-23-24(14-22(21)28)33(16-18-7-5-17(15-29)6-8-18)26(31-23)32-11-9-19(10-12-32)25(34)30-20-3-1-2-4-20/h5-8,13-14,19-20H,1-4,9-12,16H2,(H,30,34). The van der Waals surface area contributed by atoms with E-state index in [1.165, 1.54) is 12.8 Å². The summed E-state index contributed by atoms with van der Waals surface area (Å²) in [5, 5.41) is 13.3. The summed E-state index contributed by atoms with van der Waals surface area (Å²) in [5.41, 5.74) is 3.40. The van der Waals surface area contributed by atoms with E-state index in [0.717, 1.165) is 61.3 Å². The molecule has 1 N–H and O–H groups in total. The monoisotopic (exact) mass is 495 g/mol. The van der Waals surface area contributed by atoms with Crippen LogP contribution in [-0.2, 0) is 11.3 Å². The first-order chi connectivity index (χ1) is 16.5. The molecule has 2 fully saturated rings. The number of nitriles is 1. The Morgan fingerprint density at radius 2 is 1.74 bits per heavy atom. The average Bonchev–Trinajstić information content (AvgIpc) is 3.48. The SMILES string of the molecule is N#Cc1ccc(Cn2c(N3CCC(C(=O)NC4CCCC4)CC3)nc3cc(Cl)c(Cl)cc32)cc1. The highest BCUT2D eigenvalue weighted by Crippen LogP contribution is 2.33. The van der Waals surface area contributed by atoms with Gasteiger partial charge in [-0.15, -0.1) is 0 Å². The summed E-state index contributed by atoms with van der Waals surface area (Å²) in [6, 6.07) is 13.8. The molecule has 1 aliphatic carbocycles. The van der Waals surface area contributed by atoms with Crippen molar-refractivity contribution in [1.82, 2.24) is 14.9 Å². The Morgan fingerprint density at radius 3 is 2.41 bits per heavy atom. The fraction of sp³-hybridized carbons (Fsp3) is 0.423. The number of hydrogen-bond acceptors (Lipinski definition) is 4. The number of hydrogen-bond donors (Lipinski definition) is 1. The van der Waals surface area contributed by atoms with Gasteiger partial charge in [-0.2, -0.15) is 5.26 Å². The van der Waals surface area contributed by atoms with Crippen LogP contribution in [0.15, 0.2) is 36.4 Å². The summed E-state index contributed by atoms with van der Waals surface area (Å²) < 4.78 is 2.15. The molecule has 1 amide bonds. The van der Waals surface area contributed by atoms with Crippen LogP contribution in [0.4, 0.5) is 5.95 Å². The molecule has 34 heavy (non-hydrogen) atoms. The van der Waals surface area contributed by atoms with E-state index in [-0.39, 0.29) is 11.8 Å². The van der Waals surface area contributed by atoms with Gasteiger partial charge in [0.15, 0.2) is 0 Å². The predicted molar refractivity (Wildman–Crippen MR) is 135 cm³/mol. The Labute approximate surface area is 209 Å². The van der Waals surface area contributed by atoms with E-state index in [9.17, 15) is 4.79 Å². The molecule has 1 aliphatic heterocycles. The molecule has 8 heteroatoms. The van der Waals surface area contributed by atoms with Crippen LogP contribution in [0.5, 0.6) is 0 Å². The number of nitrogens with one attached hydrogen (secondary N) is 1. The van der Waals surface area contributed by atoms with Crippen LogP contribution in [0.1, 0.15) is 49.7 Å². The van der Waals surface area contributed by atoms with Crippen LogP contribution in [-0.4, -0.2) is 34.6 Å². The topological polar surface area (TPSA) is 74.0 Å². The van der Waals surface area contributed by atoms with Crippen molar-refractivity contribution in [1.29, 1.82) is 5.26 Å². The number of imidazole rings is 1. The van der Waals surface area contributed by atoms with Gasteiger partial charge in [-0.3, -0.25) is 4.79 Å². The van der Waals surface area contributed by atoms with E-state index in [1.807, 2.05) is 30.3 Å². The van der Waals surface area contributed by atoms with Crippen molar-refractivity contribution in [2.45, 2.75) is 51.1 Å². The lowest BCUT2D eigenvalue weighted by Gasteiger charge is -2.33. The molecular formula is C26H27Cl2N5O. The molecule has 2 aromatic carbocycles. The molecule has 0 radical (unpaired) electrons. The van der Waals surface area contributed by atoms with Gasteiger partial charge in [-0.1, -0.05) is 48.2 Å². The Morgan fingerprint density at radius 1 is 1.06 bits per heavy atom. The van der Waals surface area contributed by atoms with Gasteiger partial charge in [0.1, 0.15) is 0 Å². The summed E-state index contributed by atoms with van der Waals surface area (Å²) in [6.07, 6.45) is 6.25. The van der Waals surface area contributed by atoms with Crippen molar-refractivity contribution in [2.75, 3.05) is 18.0 Å². The number of benzene rings is 2. The normalized spacial score (nSPS) is 17.3. The number of nitrogens with zero attached hydrogens (tertiary/aromatic N) is 4. The van der Waals surface area contributed by atoms with Crippen LogP contribution in [0.3, 0.4) is 0 Å². The van der Waals surface area contributed by atoms with Crippen LogP contribution in [0.2, 0.25) is 10.0 Å². The third-order valence-electron chi connectivity index (χ3n) is 7.04. The van der Waals surface area contributed by atoms with E-state index >= 15 is 0 Å². The van der Waals surface area contributed by atoms with Crippen LogP contribution >= 0.6 is 23.2 Å². The minimum atomic E-state index is 0.0529. The summed E-state index contributed by atoms with van der Waals surface area (Å²) in [6.45, 7) is 2.12. The molecule has 2 aliphatic rings. The van der Waals surface area contributed by atoms with Gasteiger partial charge in [0.05, 0.1) is 39.3 Å². The van der Waals surface area contributed by atoms with Crippen LogP contribution < -0.4 is 10.2 Å². The Bertz CT molecular complexity index is 1230. The van der Waals surface area contributed by atoms with Gasteiger partial charge in [0.25, 0.3) is 0 Å². The molecule has 176 valence electrons. The molecule has 0 atom stereocenters. The Kier molecular flexibility index (Phi) is 6.67. The molecule has 2 heterocycles. The Hall–Kier alpha value is -2.75. The molecule has 0 bridgehead atoms. The maximum Gasteiger partial charge on any atom is 0.223 e. The molecule has 1 aromatic heterocycles. The fourth-order valence-corrected chi connectivity index (χ4v) is 5.42. The highest BCUT2D eigenvalue weighted by molar-refractivity contribution is 6.42. The fourth-order valence-electron chi connectivity index (χ4n) is 5.10. The zero-order chi connectivity index (χ0) is 23.7. The van der Waals surface area contributed by atoms with E-state index < -0.39 is 0 Å². The lowest BCUT2D eigenvalue weighted by atomic mass is 9.95. The van der Waals surface area contributed by atoms with Gasteiger partial charge in [0.2, 0.25) is 11.9 Å². The van der Waals surface area contributed by atoms with Gasteiger partial charge in [0, 0.05) is 25.0 Å². The number of rotatable bonds is 5. The van der Waals surface area contributed by atoms with Gasteiger partial charge >= 0.3 is 0 Å². The number of fused-ring (bicyclic) bond motifs is 1. The number of piperidine rings is 1. The third-order valence-corrected chi connectivity index (χ3v) is 7.77. The quantitative estimate of drug-likeness (QED) is 0.504. The lowest BCUT2D eigenvalue weighted by Crippen LogP contribution is -2.43. The van der Waals surface area contributed by atoms with Crippen LogP contribution in [0, 0.1) is 17.2 Å². The van der Waals surface area contributed by atoms with Crippen molar-refractivity contribution >= 4 is 46.1 Å². The smallest absolute Gasteiger partial charge is 0.223 e. The van der Waals surface area contributed by atoms with E-state index in [0.29, 0.717) is 28.2 Å². The zero-order valence-corrected chi connectivity index (χ0v) is 20.4. The second-order valence-electron chi connectivity index (χ2n) is 9.31. The van der Waals surface area contributed by atoms with Crippen molar-refractivity contribution < 1.29 is 4.79 Å². The van der Waals surface area contributed by atoms with Crippen molar-refractivity contribution in [3.05, 3.63) is 57.6 Å². The number of aromatic nitrogens is 2. The number of anilines is 1. The first-order valence-electron chi connectivity index (χ1n) is 11.9. The predicted octanol–water partition coefficient (Wildman–Crippen LogP) is 5.54. The molecule has 0 unspecified atom stereocenters. The van der Waals surface area contributed by atoms with Gasteiger partial charge < -0.3 is 14.8 Å². The molecule has 6 nitrogen and oxygen atoms in total. The van der Waals surface area contributed by atoms with Gasteiger partial charge in [-0.25, -0.2) is 4.98 Å². The molecule has 0 spiro atoms. The number of carbonyl (C=O) groups is 1. The maximum atomic E-state index is 12.8. The van der Waals surface area contributed by atoms with E-state index in [2.05, 4.69) is 20.9 Å². The van der Waals surface area contributed by atoms with Crippen LogP contribution in [0.25, 0.3) is 11.0 Å². The van der Waals surface area contributed by atoms with Gasteiger partial charge in [-0.05, 0) is 55.5 Å². The largest absolute Gasteiger partial charge is 0.353 e. The molecule has 1 saturated heterocycles. The average molecular weight is 496 g/mol. The summed E-state index contributed by atoms with van der Waals surface area (Å²) in [4.78, 5) is 19.9. The third kappa shape index (κ3) is 4.73. The summed E-state index contributed by atoms with van der Waals surface area (Å²) in [5.74, 6) is 1.11. The van der Waals surface area contributed by atoms with E-state index in [4.69, 9.17) is 33.4 Å². The first kappa shape index (κ1) is 23.0. The van der Waals surface area contributed by atoms with E-state index in [1.54, 1.807) is 6.07 Å². The highest BCUT2D eigenvalue weighted by atomic mass is 35.5. The zero-order valence-electron chi connectivity index (χ0n) is 18.9. The molecule has 5 rings (SSSR count). The minimum Gasteiger partial charge on any atom is -0.353 e. The summed E-state index contributed by atoms with van der Waals surface area (Å²) in [7, 11) is 0. The highest BCUT2D eigenvalue weighted by Gasteiger charge is 2.29. The number of halogens is 2. The summed E-state index contributed by atoms with van der Waals surface area (Å²) >= 11 is 12.6. The number of carbonyl (C=O) groups excluding carboxylic acids is 1. The van der Waals surface area contributed by atoms with Crippen molar-refractivity contribution in [2.24, 2.45) is 5.92 Å². The van der Waals surface area contributed by atoms with Crippen molar-refractivity contribution in [3.8, 4) is 6.07 Å². The second kappa shape index (κ2) is 9.85. The molecule has 1 saturated carbocycles. The minimum absolute atomic E-state index is 0.0529. The molecular weight excluding hydrogens is 469 g/mol. The molecule has 3 aromatic rings. The number of amides is 1. The van der Waals surface area contributed by atoms with Crippen molar-refractivity contribution in [3.63, 3.8) is 0 Å². The maximum absolute atomic E-state index is 12.8. The lowest BCUT2D eigenvalue weighted by molar-refractivity contribution is -0.126. The second-order valence-corrected chi connectivity index (χ2v) is 10.1. The Balaban J connectivity index is 1.38.